The number of sulfonamides is 1. The zero-order chi connectivity index (χ0) is 13.0. The first-order valence-electron chi connectivity index (χ1n) is 5.14. The number of nitrogens with one attached hydrogen (secondary N) is 2. The molecular formula is C10H12N4O3S. The molecular weight excluding hydrogens is 256 g/mol. The number of aromatic amines is 1. The van der Waals surface area contributed by atoms with Crippen LogP contribution in [0.1, 0.15) is 11.3 Å². The highest BCUT2D eigenvalue weighted by atomic mass is 32.2. The van der Waals surface area contributed by atoms with Gasteiger partial charge in [-0.1, -0.05) is 6.07 Å². The highest BCUT2D eigenvalue weighted by Crippen LogP contribution is 2.07. The van der Waals surface area contributed by atoms with Gasteiger partial charge < -0.3 is 10.1 Å². The number of hydrogen-bond acceptors (Lipinski definition) is 5. The molecule has 0 aliphatic rings. The van der Waals surface area contributed by atoms with Gasteiger partial charge in [-0.05, 0) is 11.6 Å². The summed E-state index contributed by atoms with van der Waals surface area (Å²) in [4.78, 5) is 10.4. The zero-order valence-electron chi connectivity index (χ0n) is 9.37. The second-order valence-corrected chi connectivity index (χ2v) is 5.28. The van der Waals surface area contributed by atoms with Gasteiger partial charge in [-0.25, -0.2) is 23.1 Å². The molecule has 0 saturated carbocycles. The molecule has 3 N–H and O–H groups in total. The van der Waals surface area contributed by atoms with Crippen molar-refractivity contribution in [2.45, 2.75) is 18.2 Å². The van der Waals surface area contributed by atoms with Crippen LogP contribution in [0.5, 0.6) is 0 Å². The van der Waals surface area contributed by atoms with Crippen molar-refractivity contribution in [3.05, 3.63) is 42.1 Å². The molecule has 2 rings (SSSR count). The monoisotopic (exact) mass is 268 g/mol. The van der Waals surface area contributed by atoms with Gasteiger partial charge in [0.2, 0.25) is 0 Å². The van der Waals surface area contributed by atoms with Gasteiger partial charge in [-0.15, -0.1) is 0 Å². The van der Waals surface area contributed by atoms with E-state index in [2.05, 4.69) is 19.7 Å². The maximum atomic E-state index is 11.9. The van der Waals surface area contributed by atoms with E-state index < -0.39 is 10.0 Å². The van der Waals surface area contributed by atoms with Crippen LogP contribution in [0.3, 0.4) is 0 Å². The molecule has 2 heterocycles. The Morgan fingerprint density at radius 1 is 1.33 bits per heavy atom. The summed E-state index contributed by atoms with van der Waals surface area (Å²) in [7, 11) is -3.65. The average Bonchev–Trinajstić information content (AvgIpc) is 2.90. The van der Waals surface area contributed by atoms with Crippen molar-refractivity contribution in [1.29, 1.82) is 0 Å². The average molecular weight is 268 g/mol. The molecule has 0 atom stereocenters. The number of aromatic nitrogens is 3. The number of aliphatic hydroxyl groups is 1. The van der Waals surface area contributed by atoms with Crippen LogP contribution >= 0.6 is 0 Å². The van der Waals surface area contributed by atoms with Crippen LogP contribution in [0.4, 0.5) is 0 Å². The van der Waals surface area contributed by atoms with Crippen molar-refractivity contribution in [2.24, 2.45) is 0 Å². The Morgan fingerprint density at radius 3 is 2.72 bits per heavy atom. The lowest BCUT2D eigenvalue weighted by Crippen LogP contribution is -2.24. The van der Waals surface area contributed by atoms with Gasteiger partial charge in [0.1, 0.15) is 0 Å². The van der Waals surface area contributed by atoms with E-state index in [0.29, 0.717) is 11.3 Å². The molecule has 96 valence electrons. The Kier molecular flexibility index (Phi) is 3.70. The molecule has 0 saturated heterocycles. The topological polar surface area (TPSA) is 108 Å². The predicted octanol–water partition coefficient (Wildman–Crippen LogP) is -0.225. The number of imidazole rings is 1. The molecule has 0 bridgehead atoms. The van der Waals surface area contributed by atoms with Crippen molar-refractivity contribution in [3.63, 3.8) is 0 Å². The van der Waals surface area contributed by atoms with E-state index in [1.54, 1.807) is 0 Å². The van der Waals surface area contributed by atoms with E-state index in [0.717, 1.165) is 0 Å². The summed E-state index contributed by atoms with van der Waals surface area (Å²) in [5, 5.41) is 8.76. The van der Waals surface area contributed by atoms with Crippen LogP contribution in [0.15, 0.2) is 35.9 Å². The second kappa shape index (κ2) is 5.25. The molecule has 0 aliphatic heterocycles. The Balaban J connectivity index is 2.09. The van der Waals surface area contributed by atoms with Gasteiger partial charge in [0, 0.05) is 18.1 Å². The molecule has 18 heavy (non-hydrogen) atoms. The molecule has 0 spiro atoms. The Hall–Kier alpha value is -1.77. The number of H-pyrrole nitrogens is 1. The molecule has 8 heteroatoms. The fourth-order valence-electron chi connectivity index (χ4n) is 1.29. The zero-order valence-corrected chi connectivity index (χ0v) is 10.2. The van der Waals surface area contributed by atoms with Crippen molar-refractivity contribution in [2.75, 3.05) is 0 Å². The highest BCUT2D eigenvalue weighted by Gasteiger charge is 2.15. The summed E-state index contributed by atoms with van der Waals surface area (Å²) in [6.45, 7) is -0.0549. The first kappa shape index (κ1) is 12.7. The summed E-state index contributed by atoms with van der Waals surface area (Å²) in [5.41, 5.74) is 1.22. The Labute approximate surface area is 104 Å². The molecule has 0 fully saturated rings. The largest absolute Gasteiger partial charge is 0.392 e. The Morgan fingerprint density at radius 2 is 2.17 bits per heavy atom. The minimum Gasteiger partial charge on any atom is -0.392 e. The molecule has 2 aromatic heterocycles. The Bertz CT molecular complexity index is 593. The van der Waals surface area contributed by atoms with Gasteiger partial charge in [-0.2, -0.15) is 0 Å². The lowest BCUT2D eigenvalue weighted by molar-refractivity contribution is 0.281. The highest BCUT2D eigenvalue weighted by molar-refractivity contribution is 7.89. The van der Waals surface area contributed by atoms with Crippen LogP contribution in [0, 0.1) is 0 Å². The van der Waals surface area contributed by atoms with E-state index in [1.165, 1.54) is 30.9 Å². The number of rotatable bonds is 5. The van der Waals surface area contributed by atoms with Crippen LogP contribution in [-0.2, 0) is 23.2 Å². The number of hydrogen-bond donors (Lipinski definition) is 3. The van der Waals surface area contributed by atoms with Crippen LogP contribution < -0.4 is 4.72 Å². The lowest BCUT2D eigenvalue weighted by atomic mass is 10.3. The van der Waals surface area contributed by atoms with Gasteiger partial charge in [-0.3, -0.25) is 0 Å². The third kappa shape index (κ3) is 2.92. The van der Waals surface area contributed by atoms with Crippen molar-refractivity contribution in [3.8, 4) is 0 Å². The van der Waals surface area contributed by atoms with Gasteiger partial charge in [0.05, 0.1) is 19.5 Å². The van der Waals surface area contributed by atoms with Crippen LogP contribution in [0.2, 0.25) is 0 Å². The normalized spacial score (nSPS) is 11.6. The van der Waals surface area contributed by atoms with Crippen LogP contribution in [0.25, 0.3) is 0 Å². The third-order valence-electron chi connectivity index (χ3n) is 2.26. The minimum absolute atomic E-state index is 0.0841. The van der Waals surface area contributed by atoms with E-state index in [9.17, 15) is 8.42 Å². The number of pyridine rings is 1. The van der Waals surface area contributed by atoms with Gasteiger partial charge in [0.15, 0.2) is 5.03 Å². The molecule has 7 nitrogen and oxygen atoms in total. The summed E-state index contributed by atoms with van der Waals surface area (Å²) in [6, 6.07) is 2.86. The molecule has 0 aromatic carbocycles. The molecule has 0 unspecified atom stereocenters. The second-order valence-electron chi connectivity index (χ2n) is 3.56. The predicted molar refractivity (Wildman–Crippen MR) is 62.8 cm³/mol. The first-order chi connectivity index (χ1) is 8.62. The molecule has 0 amide bonds. The van der Waals surface area contributed by atoms with E-state index in [-0.39, 0.29) is 18.2 Å². The maximum absolute atomic E-state index is 11.9. The van der Waals surface area contributed by atoms with E-state index >= 15 is 0 Å². The van der Waals surface area contributed by atoms with Gasteiger partial charge in [0.25, 0.3) is 10.0 Å². The summed E-state index contributed by atoms with van der Waals surface area (Å²) in [5.74, 6) is 0. The third-order valence-corrected chi connectivity index (χ3v) is 3.58. The quantitative estimate of drug-likeness (QED) is 0.694. The first-order valence-corrected chi connectivity index (χ1v) is 6.63. The maximum Gasteiger partial charge on any atom is 0.258 e. The molecule has 0 radical (unpaired) electrons. The van der Waals surface area contributed by atoms with E-state index in [1.807, 2.05) is 0 Å². The minimum atomic E-state index is -3.65. The van der Waals surface area contributed by atoms with E-state index in [4.69, 9.17) is 5.11 Å². The number of aliphatic hydroxyl groups excluding tert-OH is 1. The SMILES string of the molecule is O=S(=O)(NCc1cnc[nH]1)c1ccc(CO)cn1. The van der Waals surface area contributed by atoms with Crippen molar-refractivity contribution in [1.82, 2.24) is 19.7 Å². The summed E-state index contributed by atoms with van der Waals surface area (Å²) >= 11 is 0. The van der Waals surface area contributed by atoms with Crippen LogP contribution in [-0.4, -0.2) is 28.5 Å². The fourth-order valence-corrected chi connectivity index (χ4v) is 2.22. The molecule has 0 aliphatic carbocycles. The lowest BCUT2D eigenvalue weighted by Gasteiger charge is -2.05. The number of nitrogens with zero attached hydrogens (tertiary/aromatic N) is 2. The fraction of sp³-hybridized carbons (Fsp3) is 0.200. The van der Waals surface area contributed by atoms with Crippen molar-refractivity contribution >= 4 is 10.0 Å². The van der Waals surface area contributed by atoms with Crippen molar-refractivity contribution < 1.29 is 13.5 Å². The van der Waals surface area contributed by atoms with Gasteiger partial charge >= 0.3 is 0 Å². The summed E-state index contributed by atoms with van der Waals surface area (Å²) in [6.07, 6.45) is 4.33. The summed E-state index contributed by atoms with van der Waals surface area (Å²) < 4.78 is 26.1. The molecule has 2 aromatic rings. The smallest absolute Gasteiger partial charge is 0.258 e. The standard InChI is InChI=1S/C10H12N4O3S/c15-6-8-1-2-10(12-3-8)18(16,17)14-5-9-4-11-7-13-9/h1-4,7,14-15H,5-6H2,(H,11,13).